The minimum absolute atomic E-state index is 0.0812. The van der Waals surface area contributed by atoms with Crippen LogP contribution in [-0.2, 0) is 6.42 Å². The number of ether oxygens (including phenoxy) is 1. The summed E-state index contributed by atoms with van der Waals surface area (Å²) < 4.78 is 18.9. The number of aryl methyl sites for hydroxylation is 1. The summed E-state index contributed by atoms with van der Waals surface area (Å²) in [5.41, 5.74) is 4.64. The van der Waals surface area contributed by atoms with Gasteiger partial charge in [0.1, 0.15) is 23.5 Å². The summed E-state index contributed by atoms with van der Waals surface area (Å²) in [4.78, 5) is 23.8. The molecule has 1 aromatic carbocycles. The van der Waals surface area contributed by atoms with E-state index >= 15 is 0 Å². The molecule has 3 aromatic rings. The van der Waals surface area contributed by atoms with E-state index in [0.29, 0.717) is 18.9 Å². The van der Waals surface area contributed by atoms with Crippen molar-refractivity contribution in [3.05, 3.63) is 77.0 Å². The van der Waals surface area contributed by atoms with E-state index < -0.39 is 0 Å². The Morgan fingerprint density at radius 2 is 1.97 bits per heavy atom. The molecular weight excluding hydrogens is 419 g/mol. The number of nitrogens with zero attached hydrogens (tertiary/aromatic N) is 3. The number of likely N-dealkylation sites (tertiary alicyclic amines) is 1. The molecule has 0 unspecified atom stereocenters. The molecule has 1 N–H and O–H groups in total. The summed E-state index contributed by atoms with van der Waals surface area (Å²) >= 11 is 0. The number of anilines is 2. The second-order valence-corrected chi connectivity index (χ2v) is 8.93. The molecule has 0 bridgehead atoms. The Balaban J connectivity index is 1.24. The molecular formula is C26H27FN4O2. The van der Waals surface area contributed by atoms with E-state index in [4.69, 9.17) is 9.72 Å². The fourth-order valence-electron chi connectivity index (χ4n) is 4.69. The van der Waals surface area contributed by atoms with E-state index in [1.54, 1.807) is 6.07 Å². The molecule has 0 saturated carbocycles. The highest BCUT2D eigenvalue weighted by Crippen LogP contribution is 2.32. The molecule has 7 heteroatoms. The number of hydrogen-bond acceptors (Lipinski definition) is 5. The van der Waals surface area contributed by atoms with Crippen LogP contribution in [0.15, 0.2) is 48.7 Å². The van der Waals surface area contributed by atoms with Crippen LogP contribution in [0.1, 0.15) is 53.0 Å². The van der Waals surface area contributed by atoms with E-state index in [-0.39, 0.29) is 23.7 Å². The van der Waals surface area contributed by atoms with Gasteiger partial charge in [0.25, 0.3) is 5.91 Å². The number of piperidine rings is 1. The Labute approximate surface area is 192 Å². The van der Waals surface area contributed by atoms with Gasteiger partial charge in [0.15, 0.2) is 0 Å². The standard InChI is InChI=1S/C26H27FN4O2/c1-16-11-22(30-25-6-4-21(27)15-28-25)14-23(29-16)18-7-9-31(10-8-18)26(32)19-3-5-24-20(13-19)12-17(2)33-24/h3-6,11,13-15,17-18H,7-10,12H2,1-2H3,(H,28,29,30)/t17-/m1/s1. The average Bonchev–Trinajstić information content (AvgIpc) is 3.19. The molecule has 0 spiro atoms. The van der Waals surface area contributed by atoms with Gasteiger partial charge in [0.2, 0.25) is 0 Å². The predicted molar refractivity (Wildman–Crippen MR) is 125 cm³/mol. The summed E-state index contributed by atoms with van der Waals surface area (Å²) in [6.07, 6.45) is 3.93. The monoisotopic (exact) mass is 446 g/mol. The first-order chi connectivity index (χ1) is 15.9. The van der Waals surface area contributed by atoms with Gasteiger partial charge >= 0.3 is 0 Å². The highest BCUT2D eigenvalue weighted by atomic mass is 19.1. The number of amides is 1. The van der Waals surface area contributed by atoms with E-state index in [1.807, 2.05) is 49.1 Å². The molecule has 2 aliphatic heterocycles. The Morgan fingerprint density at radius 1 is 1.15 bits per heavy atom. The molecule has 2 aliphatic rings. The highest BCUT2D eigenvalue weighted by molar-refractivity contribution is 5.94. The molecule has 0 aliphatic carbocycles. The Bertz CT molecular complexity index is 1170. The smallest absolute Gasteiger partial charge is 0.253 e. The number of rotatable bonds is 4. The van der Waals surface area contributed by atoms with Crippen LogP contribution in [0.3, 0.4) is 0 Å². The number of carbonyl (C=O) groups is 1. The number of halogens is 1. The molecule has 1 amide bonds. The number of pyridine rings is 2. The Kier molecular flexibility index (Phi) is 5.70. The fourth-order valence-corrected chi connectivity index (χ4v) is 4.69. The van der Waals surface area contributed by atoms with Crippen LogP contribution >= 0.6 is 0 Å². The number of nitrogens with one attached hydrogen (secondary N) is 1. The Morgan fingerprint density at radius 3 is 2.73 bits per heavy atom. The van der Waals surface area contributed by atoms with E-state index in [1.165, 1.54) is 12.3 Å². The molecule has 2 aromatic heterocycles. The normalized spacial score (nSPS) is 18.0. The van der Waals surface area contributed by atoms with E-state index in [0.717, 1.165) is 53.2 Å². The third-order valence-corrected chi connectivity index (χ3v) is 6.32. The molecule has 0 radical (unpaired) electrons. The summed E-state index contributed by atoms with van der Waals surface area (Å²) in [6, 6.07) is 12.7. The van der Waals surface area contributed by atoms with Crippen LogP contribution in [0.5, 0.6) is 5.75 Å². The largest absolute Gasteiger partial charge is 0.490 e. The first kappa shape index (κ1) is 21.4. The zero-order valence-electron chi connectivity index (χ0n) is 18.8. The van der Waals surface area contributed by atoms with Gasteiger partial charge in [0.05, 0.1) is 6.20 Å². The van der Waals surface area contributed by atoms with Gasteiger partial charge in [-0.1, -0.05) is 0 Å². The maximum atomic E-state index is 13.1. The maximum absolute atomic E-state index is 13.1. The number of hydrogen-bond donors (Lipinski definition) is 1. The minimum atomic E-state index is -0.365. The van der Waals surface area contributed by atoms with E-state index in [9.17, 15) is 9.18 Å². The van der Waals surface area contributed by atoms with Gasteiger partial charge in [-0.25, -0.2) is 9.37 Å². The van der Waals surface area contributed by atoms with Crippen molar-refractivity contribution in [3.8, 4) is 5.75 Å². The quantitative estimate of drug-likeness (QED) is 0.610. The van der Waals surface area contributed by atoms with Crippen molar-refractivity contribution in [1.82, 2.24) is 14.9 Å². The van der Waals surface area contributed by atoms with Crippen molar-refractivity contribution < 1.29 is 13.9 Å². The average molecular weight is 447 g/mol. The second kappa shape index (κ2) is 8.81. The molecule has 6 nitrogen and oxygen atoms in total. The van der Waals surface area contributed by atoms with Crippen molar-refractivity contribution in [2.75, 3.05) is 18.4 Å². The first-order valence-electron chi connectivity index (χ1n) is 11.4. The van der Waals surface area contributed by atoms with Gasteiger partial charge in [-0.05, 0) is 74.7 Å². The molecule has 5 rings (SSSR count). The minimum Gasteiger partial charge on any atom is -0.490 e. The van der Waals surface area contributed by atoms with Crippen LogP contribution in [0.25, 0.3) is 0 Å². The number of benzene rings is 1. The zero-order chi connectivity index (χ0) is 22.9. The first-order valence-corrected chi connectivity index (χ1v) is 11.4. The summed E-state index contributed by atoms with van der Waals surface area (Å²) in [7, 11) is 0. The topological polar surface area (TPSA) is 67.4 Å². The number of carbonyl (C=O) groups excluding carboxylic acids is 1. The van der Waals surface area contributed by atoms with Crippen LogP contribution < -0.4 is 10.1 Å². The Hall–Kier alpha value is -3.48. The van der Waals surface area contributed by atoms with Crippen LogP contribution in [0, 0.1) is 12.7 Å². The molecule has 4 heterocycles. The van der Waals surface area contributed by atoms with Crippen molar-refractivity contribution in [2.24, 2.45) is 0 Å². The second-order valence-electron chi connectivity index (χ2n) is 8.93. The molecule has 1 atom stereocenters. The third-order valence-electron chi connectivity index (χ3n) is 6.32. The van der Waals surface area contributed by atoms with Crippen molar-refractivity contribution in [3.63, 3.8) is 0 Å². The van der Waals surface area contributed by atoms with Gasteiger partial charge in [-0.15, -0.1) is 0 Å². The lowest BCUT2D eigenvalue weighted by molar-refractivity contribution is 0.0712. The van der Waals surface area contributed by atoms with Crippen LogP contribution in [0.2, 0.25) is 0 Å². The molecule has 170 valence electrons. The number of fused-ring (bicyclic) bond motifs is 1. The molecule has 33 heavy (non-hydrogen) atoms. The highest BCUT2D eigenvalue weighted by Gasteiger charge is 2.27. The predicted octanol–water partition coefficient (Wildman–Crippen LogP) is 5.01. The summed E-state index contributed by atoms with van der Waals surface area (Å²) in [5.74, 6) is 1.48. The lowest BCUT2D eigenvalue weighted by Gasteiger charge is -2.32. The fraction of sp³-hybridized carbons (Fsp3) is 0.346. The van der Waals surface area contributed by atoms with Crippen molar-refractivity contribution >= 4 is 17.4 Å². The summed E-state index contributed by atoms with van der Waals surface area (Å²) in [6.45, 7) is 5.41. The van der Waals surface area contributed by atoms with Gasteiger partial charge in [-0.2, -0.15) is 0 Å². The lowest BCUT2D eigenvalue weighted by atomic mass is 9.92. The van der Waals surface area contributed by atoms with Gasteiger partial charge in [0, 0.05) is 48.1 Å². The molecule has 1 saturated heterocycles. The van der Waals surface area contributed by atoms with Gasteiger partial charge in [-0.3, -0.25) is 9.78 Å². The van der Waals surface area contributed by atoms with Crippen molar-refractivity contribution in [1.29, 1.82) is 0 Å². The maximum Gasteiger partial charge on any atom is 0.253 e. The lowest BCUT2D eigenvalue weighted by Crippen LogP contribution is -2.38. The van der Waals surface area contributed by atoms with Crippen LogP contribution in [0.4, 0.5) is 15.9 Å². The third kappa shape index (κ3) is 4.67. The summed E-state index contributed by atoms with van der Waals surface area (Å²) in [5, 5.41) is 3.23. The van der Waals surface area contributed by atoms with Crippen molar-refractivity contribution in [2.45, 2.75) is 45.1 Å². The number of aromatic nitrogens is 2. The zero-order valence-corrected chi connectivity index (χ0v) is 18.8. The van der Waals surface area contributed by atoms with Crippen LogP contribution in [-0.4, -0.2) is 40.0 Å². The SMILES string of the molecule is Cc1cc(Nc2ccc(F)cn2)cc(C2CCN(C(=O)c3ccc4c(c3)C[C@@H](C)O4)CC2)n1. The molecule has 1 fully saturated rings. The van der Waals surface area contributed by atoms with E-state index in [2.05, 4.69) is 10.3 Å². The van der Waals surface area contributed by atoms with Gasteiger partial charge < -0.3 is 15.0 Å².